The number of benzene rings is 2. The number of hydrogen-bond donors (Lipinski definition) is 1. The van der Waals surface area contributed by atoms with Gasteiger partial charge in [0.1, 0.15) is 18.2 Å². The average molecular weight is 295 g/mol. The molecular formula is C14H14FNO3S. The molecule has 0 atom stereocenters. The van der Waals surface area contributed by atoms with Gasteiger partial charge in [-0.2, -0.15) is 0 Å². The standard InChI is InChI=1S/C14H14FNO3S/c15-12-5-4-6-13(11-12)19-10-9-16-20(17,18)14-7-2-1-3-8-14/h1-8,11,16H,9-10H2. The van der Waals surface area contributed by atoms with Crippen LogP contribution >= 0.6 is 0 Å². The minimum absolute atomic E-state index is 0.105. The van der Waals surface area contributed by atoms with E-state index in [1.807, 2.05) is 0 Å². The van der Waals surface area contributed by atoms with E-state index in [1.54, 1.807) is 24.3 Å². The van der Waals surface area contributed by atoms with Crippen molar-refractivity contribution in [3.8, 4) is 5.75 Å². The van der Waals surface area contributed by atoms with Crippen molar-refractivity contribution in [2.75, 3.05) is 13.2 Å². The zero-order valence-electron chi connectivity index (χ0n) is 10.6. The molecular weight excluding hydrogens is 281 g/mol. The van der Waals surface area contributed by atoms with Crippen LogP contribution in [0.5, 0.6) is 5.75 Å². The molecule has 0 aliphatic heterocycles. The maximum Gasteiger partial charge on any atom is 0.240 e. The van der Waals surface area contributed by atoms with Gasteiger partial charge in [0.15, 0.2) is 0 Å². The monoisotopic (exact) mass is 295 g/mol. The summed E-state index contributed by atoms with van der Waals surface area (Å²) in [6.45, 7) is 0.225. The highest BCUT2D eigenvalue weighted by Crippen LogP contribution is 2.11. The summed E-state index contributed by atoms with van der Waals surface area (Å²) in [7, 11) is -3.53. The van der Waals surface area contributed by atoms with Gasteiger partial charge in [0, 0.05) is 12.6 Å². The van der Waals surface area contributed by atoms with E-state index >= 15 is 0 Å². The van der Waals surface area contributed by atoms with Gasteiger partial charge in [-0.05, 0) is 24.3 Å². The Morgan fingerprint density at radius 2 is 1.80 bits per heavy atom. The van der Waals surface area contributed by atoms with Crippen LogP contribution in [-0.2, 0) is 10.0 Å². The summed E-state index contributed by atoms with van der Waals surface area (Å²) in [5.74, 6) is -0.0312. The Morgan fingerprint density at radius 1 is 1.05 bits per heavy atom. The van der Waals surface area contributed by atoms with Crippen molar-refractivity contribution in [2.24, 2.45) is 0 Å². The van der Waals surface area contributed by atoms with Crippen molar-refractivity contribution < 1.29 is 17.5 Å². The Hall–Kier alpha value is -1.92. The molecule has 2 rings (SSSR count). The van der Waals surface area contributed by atoms with Crippen LogP contribution < -0.4 is 9.46 Å². The quantitative estimate of drug-likeness (QED) is 0.831. The van der Waals surface area contributed by atoms with Gasteiger partial charge in [0.25, 0.3) is 0 Å². The first-order chi connectivity index (χ1) is 9.58. The molecule has 0 heterocycles. The number of rotatable bonds is 6. The van der Waals surface area contributed by atoms with E-state index in [9.17, 15) is 12.8 Å². The summed E-state index contributed by atoms with van der Waals surface area (Å²) in [5, 5.41) is 0. The molecule has 0 aliphatic rings. The third-order valence-electron chi connectivity index (χ3n) is 2.51. The molecule has 6 heteroatoms. The molecule has 0 radical (unpaired) electrons. The minimum atomic E-state index is -3.53. The molecule has 0 unspecified atom stereocenters. The molecule has 0 fully saturated rings. The highest BCUT2D eigenvalue weighted by Gasteiger charge is 2.12. The minimum Gasteiger partial charge on any atom is -0.492 e. The van der Waals surface area contributed by atoms with Crippen LogP contribution in [-0.4, -0.2) is 21.6 Å². The van der Waals surface area contributed by atoms with E-state index in [2.05, 4.69) is 4.72 Å². The van der Waals surface area contributed by atoms with Crippen molar-refractivity contribution in [2.45, 2.75) is 4.90 Å². The van der Waals surface area contributed by atoms with Crippen molar-refractivity contribution in [1.82, 2.24) is 4.72 Å². The predicted molar refractivity (Wildman–Crippen MR) is 73.5 cm³/mol. The van der Waals surface area contributed by atoms with Crippen LogP contribution in [0.3, 0.4) is 0 Å². The number of nitrogens with one attached hydrogen (secondary N) is 1. The Morgan fingerprint density at radius 3 is 2.50 bits per heavy atom. The fourth-order valence-corrected chi connectivity index (χ4v) is 2.62. The summed E-state index contributed by atoms with van der Waals surface area (Å²) < 4.78 is 44.3. The zero-order chi connectivity index (χ0) is 14.4. The number of hydrogen-bond acceptors (Lipinski definition) is 3. The highest BCUT2D eigenvalue weighted by atomic mass is 32.2. The number of halogens is 1. The van der Waals surface area contributed by atoms with Gasteiger partial charge in [0.05, 0.1) is 4.90 Å². The molecule has 0 amide bonds. The van der Waals surface area contributed by atoms with Gasteiger partial charge in [-0.15, -0.1) is 0 Å². The van der Waals surface area contributed by atoms with Crippen molar-refractivity contribution in [3.63, 3.8) is 0 Å². The lowest BCUT2D eigenvalue weighted by atomic mass is 10.3. The van der Waals surface area contributed by atoms with Gasteiger partial charge >= 0.3 is 0 Å². The Kier molecular flexibility index (Phi) is 4.70. The lowest BCUT2D eigenvalue weighted by Gasteiger charge is -2.08. The fourth-order valence-electron chi connectivity index (χ4n) is 1.58. The first kappa shape index (κ1) is 14.5. The maximum absolute atomic E-state index is 12.9. The van der Waals surface area contributed by atoms with E-state index in [1.165, 1.54) is 30.3 Å². The summed E-state index contributed by atoms with van der Waals surface area (Å²) in [6, 6.07) is 13.7. The third kappa shape index (κ3) is 4.04. The molecule has 2 aromatic carbocycles. The van der Waals surface area contributed by atoms with Crippen LogP contribution in [0.15, 0.2) is 59.5 Å². The Balaban J connectivity index is 1.84. The van der Waals surface area contributed by atoms with E-state index in [0.29, 0.717) is 5.75 Å². The Labute approximate surface area is 117 Å². The lowest BCUT2D eigenvalue weighted by molar-refractivity contribution is 0.321. The van der Waals surface area contributed by atoms with Gasteiger partial charge < -0.3 is 4.74 Å². The summed E-state index contributed by atoms with van der Waals surface area (Å²) in [6.07, 6.45) is 0. The molecule has 0 bridgehead atoms. The molecule has 0 spiro atoms. The molecule has 0 saturated heterocycles. The number of ether oxygens (including phenoxy) is 1. The second-order valence-electron chi connectivity index (χ2n) is 4.02. The van der Waals surface area contributed by atoms with Gasteiger partial charge in [-0.1, -0.05) is 24.3 Å². The molecule has 4 nitrogen and oxygen atoms in total. The SMILES string of the molecule is O=S(=O)(NCCOc1cccc(F)c1)c1ccccc1. The van der Waals surface area contributed by atoms with Gasteiger partial charge in [0.2, 0.25) is 10.0 Å². The molecule has 2 aromatic rings. The molecule has 1 N–H and O–H groups in total. The maximum atomic E-state index is 12.9. The van der Waals surface area contributed by atoms with E-state index in [0.717, 1.165) is 0 Å². The summed E-state index contributed by atoms with van der Waals surface area (Å²) >= 11 is 0. The van der Waals surface area contributed by atoms with E-state index in [-0.39, 0.29) is 18.0 Å². The smallest absolute Gasteiger partial charge is 0.240 e. The Bertz CT molecular complexity index is 659. The van der Waals surface area contributed by atoms with Crippen LogP contribution in [0.25, 0.3) is 0 Å². The lowest BCUT2D eigenvalue weighted by Crippen LogP contribution is -2.28. The zero-order valence-corrected chi connectivity index (χ0v) is 11.4. The molecule has 0 aliphatic carbocycles. The second kappa shape index (κ2) is 6.49. The largest absolute Gasteiger partial charge is 0.492 e. The average Bonchev–Trinajstić information content (AvgIpc) is 2.45. The topological polar surface area (TPSA) is 55.4 Å². The van der Waals surface area contributed by atoms with Crippen molar-refractivity contribution in [3.05, 3.63) is 60.4 Å². The molecule has 20 heavy (non-hydrogen) atoms. The second-order valence-corrected chi connectivity index (χ2v) is 5.78. The predicted octanol–water partition coefficient (Wildman–Crippen LogP) is 2.18. The fraction of sp³-hybridized carbons (Fsp3) is 0.143. The van der Waals surface area contributed by atoms with Crippen molar-refractivity contribution in [1.29, 1.82) is 0 Å². The van der Waals surface area contributed by atoms with Crippen LogP contribution in [0.2, 0.25) is 0 Å². The highest BCUT2D eigenvalue weighted by molar-refractivity contribution is 7.89. The van der Waals surface area contributed by atoms with Crippen molar-refractivity contribution >= 4 is 10.0 Å². The third-order valence-corrected chi connectivity index (χ3v) is 3.99. The van der Waals surface area contributed by atoms with Crippen LogP contribution in [0.4, 0.5) is 4.39 Å². The molecule has 0 aromatic heterocycles. The van der Waals surface area contributed by atoms with Crippen LogP contribution in [0, 0.1) is 5.82 Å². The van der Waals surface area contributed by atoms with Gasteiger partial charge in [-0.25, -0.2) is 17.5 Å². The normalized spacial score (nSPS) is 11.2. The number of sulfonamides is 1. The summed E-state index contributed by atoms with van der Waals surface area (Å²) in [5.41, 5.74) is 0. The van der Waals surface area contributed by atoms with E-state index < -0.39 is 15.8 Å². The summed E-state index contributed by atoms with van der Waals surface area (Å²) in [4.78, 5) is 0.200. The molecule has 0 saturated carbocycles. The van der Waals surface area contributed by atoms with Crippen LogP contribution in [0.1, 0.15) is 0 Å². The van der Waals surface area contributed by atoms with Gasteiger partial charge in [-0.3, -0.25) is 0 Å². The first-order valence-electron chi connectivity index (χ1n) is 6.01. The molecule has 106 valence electrons. The van der Waals surface area contributed by atoms with E-state index in [4.69, 9.17) is 4.74 Å². The first-order valence-corrected chi connectivity index (χ1v) is 7.49.